The largest absolute Gasteiger partial charge is 0.323 e. The number of aromatic nitrogens is 1. The van der Waals surface area contributed by atoms with E-state index in [2.05, 4.69) is 10.4 Å². The second-order valence-electron chi connectivity index (χ2n) is 1.72. The minimum Gasteiger partial charge on any atom is -0.323 e. The maximum Gasteiger partial charge on any atom is 0.101 e. The lowest BCUT2D eigenvalue weighted by molar-refractivity contribution is 1.25. The van der Waals surface area contributed by atoms with E-state index in [9.17, 15) is 0 Å². The van der Waals surface area contributed by atoms with Gasteiger partial charge >= 0.3 is 0 Å². The van der Waals surface area contributed by atoms with Crippen molar-refractivity contribution in [3.63, 3.8) is 0 Å². The fourth-order valence-electron chi connectivity index (χ4n) is 0.580. The summed E-state index contributed by atoms with van der Waals surface area (Å²) < 4.78 is 0. The van der Waals surface area contributed by atoms with Crippen molar-refractivity contribution in [2.45, 2.75) is 0 Å². The van der Waals surface area contributed by atoms with Crippen LogP contribution in [0.15, 0.2) is 18.5 Å². The zero-order valence-electron chi connectivity index (χ0n) is 5.20. The van der Waals surface area contributed by atoms with Crippen LogP contribution in [-0.4, -0.2) is 4.98 Å². The summed E-state index contributed by atoms with van der Waals surface area (Å²) in [7, 11) is 0. The Labute approximate surface area is 58.3 Å². The Morgan fingerprint density at radius 2 is 2.40 bits per heavy atom. The Hall–Kier alpha value is -1.60. The van der Waals surface area contributed by atoms with Gasteiger partial charge in [0.15, 0.2) is 0 Å². The van der Waals surface area contributed by atoms with Crippen LogP contribution in [0.25, 0.3) is 0 Å². The zero-order chi connectivity index (χ0) is 7.40. The lowest BCUT2D eigenvalue weighted by Crippen LogP contribution is -2.06. The van der Waals surface area contributed by atoms with Gasteiger partial charge in [-0.2, -0.15) is 5.26 Å². The second-order valence-corrected chi connectivity index (χ2v) is 1.72. The van der Waals surface area contributed by atoms with Crippen molar-refractivity contribution in [1.82, 2.24) is 4.98 Å². The van der Waals surface area contributed by atoms with Gasteiger partial charge in [-0.25, -0.2) is 0 Å². The summed E-state index contributed by atoms with van der Waals surface area (Å²) in [5.41, 5.74) is 3.52. The number of hydrogen-bond acceptors (Lipinski definition) is 4. The average Bonchev–Trinajstić information content (AvgIpc) is 2.05. The quantitative estimate of drug-likeness (QED) is 0.426. The number of pyridine rings is 1. The molecule has 4 heteroatoms. The molecule has 0 saturated carbocycles. The lowest BCUT2D eigenvalue weighted by atomic mass is 10.3. The van der Waals surface area contributed by atoms with Crippen molar-refractivity contribution >= 4 is 5.69 Å². The number of nitrogens with zero attached hydrogens (tertiary/aromatic N) is 2. The van der Waals surface area contributed by atoms with Gasteiger partial charge in [-0.15, -0.1) is 0 Å². The van der Waals surface area contributed by atoms with Crippen LogP contribution in [0.4, 0.5) is 5.69 Å². The smallest absolute Gasteiger partial charge is 0.101 e. The molecule has 1 aromatic rings. The van der Waals surface area contributed by atoms with E-state index in [0.29, 0.717) is 11.3 Å². The predicted molar refractivity (Wildman–Crippen MR) is 36.8 cm³/mol. The Balaban J connectivity index is 3.01. The van der Waals surface area contributed by atoms with Gasteiger partial charge in [-0.3, -0.25) is 10.8 Å². The van der Waals surface area contributed by atoms with Crippen LogP contribution in [0.3, 0.4) is 0 Å². The number of hydrogen-bond donors (Lipinski definition) is 2. The van der Waals surface area contributed by atoms with E-state index in [1.165, 1.54) is 6.20 Å². The van der Waals surface area contributed by atoms with Crippen LogP contribution < -0.4 is 11.3 Å². The summed E-state index contributed by atoms with van der Waals surface area (Å²) in [6.07, 6.45) is 3.02. The van der Waals surface area contributed by atoms with E-state index in [0.717, 1.165) is 0 Å². The molecule has 0 amide bonds. The first kappa shape index (κ1) is 6.52. The van der Waals surface area contributed by atoms with Gasteiger partial charge < -0.3 is 5.43 Å². The molecule has 0 fully saturated rings. The highest BCUT2D eigenvalue weighted by molar-refractivity contribution is 5.44. The summed E-state index contributed by atoms with van der Waals surface area (Å²) in [5, 5.41) is 8.40. The normalized spacial score (nSPS) is 8.40. The molecular weight excluding hydrogens is 128 g/mol. The van der Waals surface area contributed by atoms with E-state index in [4.69, 9.17) is 11.1 Å². The summed E-state index contributed by atoms with van der Waals surface area (Å²) in [6, 6.07) is 3.56. The summed E-state index contributed by atoms with van der Waals surface area (Å²) in [4.78, 5) is 3.76. The third-order valence-electron chi connectivity index (χ3n) is 1.03. The highest BCUT2D eigenvalue weighted by atomic mass is 15.2. The lowest BCUT2D eigenvalue weighted by Gasteiger charge is -1.96. The van der Waals surface area contributed by atoms with Crippen molar-refractivity contribution in [2.24, 2.45) is 5.84 Å². The molecule has 0 unspecified atom stereocenters. The summed E-state index contributed by atoms with van der Waals surface area (Å²) in [6.45, 7) is 0. The Bertz CT molecular complexity index is 263. The molecule has 10 heavy (non-hydrogen) atoms. The number of nitriles is 1. The van der Waals surface area contributed by atoms with E-state index in [-0.39, 0.29) is 0 Å². The highest BCUT2D eigenvalue weighted by Crippen LogP contribution is 2.04. The third-order valence-corrected chi connectivity index (χ3v) is 1.03. The standard InChI is InChI=1S/C6H6N4/c7-2-5-1-6(10-8)4-9-3-5/h1,3-4,10H,8H2. The van der Waals surface area contributed by atoms with Crippen LogP contribution in [0.1, 0.15) is 5.56 Å². The van der Waals surface area contributed by atoms with Crippen LogP contribution in [0, 0.1) is 11.3 Å². The number of rotatable bonds is 1. The summed E-state index contributed by atoms with van der Waals surface area (Å²) in [5.74, 6) is 5.07. The maximum atomic E-state index is 8.40. The molecule has 0 aliphatic heterocycles. The van der Waals surface area contributed by atoms with Crippen LogP contribution in [-0.2, 0) is 0 Å². The van der Waals surface area contributed by atoms with Gasteiger partial charge in [0.1, 0.15) is 6.07 Å². The highest BCUT2D eigenvalue weighted by Gasteiger charge is 1.90. The monoisotopic (exact) mass is 134 g/mol. The van der Waals surface area contributed by atoms with Crippen molar-refractivity contribution in [3.05, 3.63) is 24.0 Å². The molecule has 0 saturated heterocycles. The molecule has 0 radical (unpaired) electrons. The third kappa shape index (κ3) is 1.21. The van der Waals surface area contributed by atoms with Crippen molar-refractivity contribution in [1.29, 1.82) is 5.26 Å². The van der Waals surface area contributed by atoms with Crippen LogP contribution in [0.5, 0.6) is 0 Å². The molecule has 1 rings (SSSR count). The van der Waals surface area contributed by atoms with Crippen LogP contribution in [0.2, 0.25) is 0 Å². The van der Waals surface area contributed by atoms with Crippen molar-refractivity contribution < 1.29 is 0 Å². The fourth-order valence-corrected chi connectivity index (χ4v) is 0.580. The SMILES string of the molecule is N#Cc1cncc(NN)c1. The first-order valence-corrected chi connectivity index (χ1v) is 2.68. The molecule has 4 nitrogen and oxygen atoms in total. The minimum absolute atomic E-state index is 0.496. The van der Waals surface area contributed by atoms with Gasteiger partial charge in [0.2, 0.25) is 0 Å². The Morgan fingerprint density at radius 3 is 3.00 bits per heavy atom. The Kier molecular flexibility index (Phi) is 1.83. The molecule has 0 aromatic carbocycles. The van der Waals surface area contributed by atoms with Crippen molar-refractivity contribution in [2.75, 3.05) is 5.43 Å². The molecule has 0 aliphatic rings. The van der Waals surface area contributed by atoms with Gasteiger partial charge in [0.05, 0.1) is 17.4 Å². The first-order chi connectivity index (χ1) is 4.86. The van der Waals surface area contributed by atoms with Gasteiger partial charge in [0.25, 0.3) is 0 Å². The number of anilines is 1. The maximum absolute atomic E-state index is 8.40. The minimum atomic E-state index is 0.496. The second kappa shape index (κ2) is 2.80. The molecule has 0 atom stereocenters. The topological polar surface area (TPSA) is 74.7 Å². The fraction of sp³-hybridized carbons (Fsp3) is 0. The zero-order valence-corrected chi connectivity index (χ0v) is 5.20. The number of hydrazine groups is 1. The van der Waals surface area contributed by atoms with Gasteiger partial charge in [0, 0.05) is 6.20 Å². The summed E-state index contributed by atoms with van der Waals surface area (Å²) >= 11 is 0. The number of nitrogens with two attached hydrogens (primary N) is 1. The van der Waals surface area contributed by atoms with Crippen LogP contribution >= 0.6 is 0 Å². The molecule has 50 valence electrons. The van der Waals surface area contributed by atoms with E-state index in [1.807, 2.05) is 6.07 Å². The predicted octanol–water partition coefficient (Wildman–Crippen LogP) is 0.239. The molecule has 1 aromatic heterocycles. The van der Waals surface area contributed by atoms with Crippen molar-refractivity contribution in [3.8, 4) is 6.07 Å². The number of nitrogen functional groups attached to an aromatic ring is 1. The molecule has 0 spiro atoms. The van der Waals surface area contributed by atoms with E-state index in [1.54, 1.807) is 12.3 Å². The Morgan fingerprint density at radius 1 is 1.60 bits per heavy atom. The van der Waals surface area contributed by atoms with E-state index < -0.39 is 0 Å². The molecule has 1 heterocycles. The molecule has 0 aliphatic carbocycles. The molecular formula is C6H6N4. The number of nitrogens with one attached hydrogen (secondary N) is 1. The van der Waals surface area contributed by atoms with Gasteiger partial charge in [-0.1, -0.05) is 0 Å². The molecule has 3 N–H and O–H groups in total. The van der Waals surface area contributed by atoms with Gasteiger partial charge in [-0.05, 0) is 6.07 Å². The average molecular weight is 134 g/mol. The first-order valence-electron chi connectivity index (χ1n) is 2.68. The van der Waals surface area contributed by atoms with E-state index >= 15 is 0 Å². The molecule has 0 bridgehead atoms.